The van der Waals surface area contributed by atoms with E-state index in [4.69, 9.17) is 9.15 Å². The van der Waals surface area contributed by atoms with Gasteiger partial charge in [0.2, 0.25) is 0 Å². The Morgan fingerprint density at radius 2 is 2.13 bits per heavy atom. The van der Waals surface area contributed by atoms with Gasteiger partial charge in [0.1, 0.15) is 23.6 Å². The number of methoxy groups -OCH3 is 1. The van der Waals surface area contributed by atoms with E-state index in [1.54, 1.807) is 13.0 Å². The molecule has 0 fully saturated rings. The van der Waals surface area contributed by atoms with Crippen molar-refractivity contribution in [1.82, 2.24) is 10.6 Å². The molecule has 1 aromatic rings. The van der Waals surface area contributed by atoms with Crippen LogP contribution in [0.2, 0.25) is 0 Å². The number of aryl methyl sites for hydroxylation is 1. The number of carbonyl (C=O) groups excluding carboxylic acids is 1. The smallest absolute Gasteiger partial charge is 0.341 e. The number of esters is 1. The van der Waals surface area contributed by atoms with Crippen molar-refractivity contribution in [1.29, 1.82) is 0 Å². The van der Waals surface area contributed by atoms with Crippen molar-refractivity contribution in [2.75, 3.05) is 13.7 Å². The first-order chi connectivity index (χ1) is 10.6. The zero-order chi connectivity index (χ0) is 15.9. The topological polar surface area (TPSA) is 75.9 Å². The quantitative estimate of drug-likeness (QED) is 0.246. The van der Waals surface area contributed by atoms with Crippen molar-refractivity contribution in [2.24, 2.45) is 4.99 Å². The summed E-state index contributed by atoms with van der Waals surface area (Å²) in [5.41, 5.74) is 0.450. The molecule has 6 nitrogen and oxygen atoms in total. The number of furan rings is 1. The van der Waals surface area contributed by atoms with E-state index >= 15 is 0 Å². The highest BCUT2D eigenvalue weighted by molar-refractivity contribution is 14.0. The molecule has 1 aliphatic rings. The van der Waals surface area contributed by atoms with Crippen LogP contribution in [0.3, 0.4) is 0 Å². The SMILES string of the molecule is CCNC(=NCc1cc(C(=O)OC)c(C)o1)NC1CC=CC1.I. The zero-order valence-electron chi connectivity index (χ0n) is 13.7. The van der Waals surface area contributed by atoms with E-state index in [2.05, 4.69) is 27.8 Å². The second-order valence-electron chi connectivity index (χ2n) is 5.15. The lowest BCUT2D eigenvalue weighted by atomic mass is 10.2. The second-order valence-corrected chi connectivity index (χ2v) is 5.15. The van der Waals surface area contributed by atoms with Gasteiger partial charge in [0.15, 0.2) is 5.96 Å². The maximum absolute atomic E-state index is 11.6. The minimum atomic E-state index is -0.390. The molecule has 0 bridgehead atoms. The third kappa shape index (κ3) is 5.56. The molecule has 0 saturated carbocycles. The minimum Gasteiger partial charge on any atom is -0.465 e. The van der Waals surface area contributed by atoms with Gasteiger partial charge in [-0.2, -0.15) is 0 Å². The highest BCUT2D eigenvalue weighted by Crippen LogP contribution is 2.16. The number of nitrogens with one attached hydrogen (secondary N) is 2. The summed E-state index contributed by atoms with van der Waals surface area (Å²) in [5, 5.41) is 6.60. The standard InChI is InChI=1S/C16H23N3O3.HI/c1-4-17-16(19-12-7-5-6-8-12)18-10-13-9-14(11(2)22-13)15(20)21-3;/h5-6,9,12H,4,7-8,10H2,1-3H3,(H2,17,18,19);1H. The van der Waals surface area contributed by atoms with Gasteiger partial charge in [-0.25, -0.2) is 9.79 Å². The van der Waals surface area contributed by atoms with Crippen LogP contribution in [0.15, 0.2) is 27.6 Å². The van der Waals surface area contributed by atoms with Gasteiger partial charge in [0.25, 0.3) is 0 Å². The molecule has 2 rings (SSSR count). The van der Waals surface area contributed by atoms with Crippen molar-refractivity contribution < 1.29 is 13.9 Å². The van der Waals surface area contributed by atoms with Gasteiger partial charge < -0.3 is 19.8 Å². The van der Waals surface area contributed by atoms with E-state index < -0.39 is 5.97 Å². The summed E-state index contributed by atoms with van der Waals surface area (Å²) in [6.45, 7) is 4.92. The van der Waals surface area contributed by atoms with E-state index in [1.807, 2.05) is 6.92 Å². The Morgan fingerprint density at radius 1 is 1.43 bits per heavy atom. The molecule has 1 aromatic heterocycles. The molecule has 0 spiro atoms. The molecule has 7 heteroatoms. The Kier molecular flexibility index (Phi) is 8.15. The van der Waals surface area contributed by atoms with Crippen LogP contribution >= 0.6 is 24.0 Å². The van der Waals surface area contributed by atoms with Crippen LogP contribution in [0, 0.1) is 6.92 Å². The molecular weight excluding hydrogens is 409 g/mol. The molecule has 0 aliphatic heterocycles. The number of aliphatic imine (C=N–C) groups is 1. The van der Waals surface area contributed by atoms with Crippen LogP contribution in [0.4, 0.5) is 0 Å². The molecule has 0 saturated heterocycles. The molecular formula is C16H24IN3O3. The van der Waals surface area contributed by atoms with Crippen molar-refractivity contribution >= 4 is 35.9 Å². The fourth-order valence-electron chi connectivity index (χ4n) is 2.34. The van der Waals surface area contributed by atoms with Gasteiger partial charge in [0.05, 0.1) is 7.11 Å². The summed E-state index contributed by atoms with van der Waals surface area (Å²) >= 11 is 0. The van der Waals surface area contributed by atoms with Crippen LogP contribution in [0.5, 0.6) is 0 Å². The molecule has 2 N–H and O–H groups in total. The third-order valence-corrected chi connectivity index (χ3v) is 3.46. The maximum Gasteiger partial charge on any atom is 0.341 e. The van der Waals surface area contributed by atoms with Gasteiger partial charge in [-0.3, -0.25) is 0 Å². The van der Waals surface area contributed by atoms with Crippen LogP contribution in [0.25, 0.3) is 0 Å². The Morgan fingerprint density at radius 3 is 2.74 bits per heavy atom. The normalized spacial score (nSPS) is 14.5. The van der Waals surface area contributed by atoms with Crippen LogP contribution in [0.1, 0.15) is 41.6 Å². The Labute approximate surface area is 153 Å². The largest absolute Gasteiger partial charge is 0.465 e. The molecule has 128 valence electrons. The van der Waals surface area contributed by atoms with E-state index in [0.29, 0.717) is 29.7 Å². The lowest BCUT2D eigenvalue weighted by Crippen LogP contribution is -2.42. The summed E-state index contributed by atoms with van der Waals surface area (Å²) < 4.78 is 10.3. The maximum atomic E-state index is 11.6. The number of rotatable bonds is 5. The predicted octanol–water partition coefficient (Wildman–Crippen LogP) is 2.77. The average Bonchev–Trinajstić information content (AvgIpc) is 3.14. The number of carbonyl (C=O) groups is 1. The average molecular weight is 433 g/mol. The van der Waals surface area contributed by atoms with Crippen LogP contribution < -0.4 is 10.6 Å². The van der Waals surface area contributed by atoms with Gasteiger partial charge in [0, 0.05) is 12.6 Å². The predicted molar refractivity (Wildman–Crippen MR) is 100 cm³/mol. The summed E-state index contributed by atoms with van der Waals surface area (Å²) in [5.74, 6) is 1.55. The number of halogens is 1. The molecule has 1 heterocycles. The van der Waals surface area contributed by atoms with E-state index in [9.17, 15) is 4.79 Å². The molecule has 1 aliphatic carbocycles. The Bertz CT molecular complexity index is 573. The summed E-state index contributed by atoms with van der Waals surface area (Å²) in [6.07, 6.45) is 6.35. The molecule has 0 atom stereocenters. The van der Waals surface area contributed by atoms with Crippen molar-refractivity contribution in [3.8, 4) is 0 Å². The highest BCUT2D eigenvalue weighted by Gasteiger charge is 2.16. The zero-order valence-corrected chi connectivity index (χ0v) is 16.0. The molecule has 0 unspecified atom stereocenters. The van der Waals surface area contributed by atoms with Crippen molar-refractivity contribution in [2.45, 2.75) is 39.3 Å². The molecule has 23 heavy (non-hydrogen) atoms. The number of nitrogens with zero attached hydrogens (tertiary/aromatic N) is 1. The van der Waals surface area contributed by atoms with E-state index in [-0.39, 0.29) is 24.0 Å². The number of guanidine groups is 1. The lowest BCUT2D eigenvalue weighted by molar-refractivity contribution is 0.0599. The van der Waals surface area contributed by atoms with Crippen molar-refractivity contribution in [3.05, 3.63) is 35.3 Å². The lowest BCUT2D eigenvalue weighted by Gasteiger charge is -2.16. The number of hydrogen-bond donors (Lipinski definition) is 2. The fraction of sp³-hybridized carbons (Fsp3) is 0.500. The monoisotopic (exact) mass is 433 g/mol. The Balaban J connectivity index is 0.00000264. The number of hydrogen-bond acceptors (Lipinski definition) is 4. The summed E-state index contributed by atoms with van der Waals surface area (Å²) in [6, 6.07) is 2.08. The third-order valence-electron chi connectivity index (χ3n) is 3.46. The van der Waals surface area contributed by atoms with Gasteiger partial charge >= 0.3 is 5.97 Å². The molecule has 0 amide bonds. The summed E-state index contributed by atoms with van der Waals surface area (Å²) in [7, 11) is 1.36. The second kappa shape index (κ2) is 9.59. The first-order valence-electron chi connectivity index (χ1n) is 7.51. The Hall–Kier alpha value is -1.51. The van der Waals surface area contributed by atoms with Crippen molar-refractivity contribution in [3.63, 3.8) is 0 Å². The first-order valence-corrected chi connectivity index (χ1v) is 7.51. The minimum absolute atomic E-state index is 0. The van der Waals surface area contributed by atoms with Gasteiger partial charge in [-0.1, -0.05) is 12.2 Å². The highest BCUT2D eigenvalue weighted by atomic mass is 127. The van der Waals surface area contributed by atoms with E-state index in [0.717, 1.165) is 25.3 Å². The number of ether oxygens (including phenoxy) is 1. The molecule has 0 aromatic carbocycles. The van der Waals surface area contributed by atoms with Crippen LogP contribution in [-0.2, 0) is 11.3 Å². The van der Waals surface area contributed by atoms with Gasteiger partial charge in [-0.15, -0.1) is 24.0 Å². The molecule has 0 radical (unpaired) electrons. The van der Waals surface area contributed by atoms with E-state index in [1.165, 1.54) is 7.11 Å². The fourth-order valence-corrected chi connectivity index (χ4v) is 2.34. The first kappa shape index (κ1) is 19.5. The van der Waals surface area contributed by atoms with Crippen LogP contribution in [-0.4, -0.2) is 31.6 Å². The summed E-state index contributed by atoms with van der Waals surface area (Å²) in [4.78, 5) is 16.1. The van der Waals surface area contributed by atoms with Gasteiger partial charge in [-0.05, 0) is 32.8 Å².